The van der Waals surface area contributed by atoms with Gasteiger partial charge in [-0.2, -0.15) is 0 Å². The van der Waals surface area contributed by atoms with Crippen molar-refractivity contribution in [3.05, 3.63) is 47.8 Å². The standard InChI is InChI=1S/C14H18N8/c15-13(16)21-7-9-1-3-19-11(5-9)12-6-10(2-4-20-12)8-22-14(17)18/h1-6H,7-8H2,(H4,15,16,21)(H4,17,18,22). The minimum absolute atomic E-state index is 0.0516. The van der Waals surface area contributed by atoms with Gasteiger partial charge in [0, 0.05) is 12.4 Å². The third kappa shape index (κ3) is 4.44. The molecule has 2 aromatic rings. The number of aromatic nitrogens is 2. The van der Waals surface area contributed by atoms with Crippen molar-refractivity contribution in [3.8, 4) is 11.4 Å². The lowest BCUT2D eigenvalue weighted by Crippen LogP contribution is -2.22. The van der Waals surface area contributed by atoms with Crippen LogP contribution in [0.3, 0.4) is 0 Å². The number of hydrogen-bond acceptors (Lipinski definition) is 4. The molecule has 0 aliphatic heterocycles. The molecule has 2 rings (SSSR count). The van der Waals surface area contributed by atoms with Gasteiger partial charge in [0.1, 0.15) is 0 Å². The van der Waals surface area contributed by atoms with E-state index in [2.05, 4.69) is 20.0 Å². The summed E-state index contributed by atoms with van der Waals surface area (Å²) in [6.07, 6.45) is 3.38. The van der Waals surface area contributed by atoms with E-state index in [0.29, 0.717) is 13.1 Å². The third-order valence-electron chi connectivity index (χ3n) is 2.80. The van der Waals surface area contributed by atoms with E-state index < -0.39 is 0 Å². The molecular formula is C14H18N8. The monoisotopic (exact) mass is 298 g/mol. The highest BCUT2D eigenvalue weighted by Gasteiger charge is 2.04. The molecular weight excluding hydrogens is 280 g/mol. The Bertz CT molecular complexity index is 638. The summed E-state index contributed by atoms with van der Waals surface area (Å²) in [6.45, 7) is 0.789. The average Bonchev–Trinajstić information content (AvgIpc) is 2.51. The summed E-state index contributed by atoms with van der Waals surface area (Å²) in [7, 11) is 0. The number of pyridine rings is 2. The molecule has 0 saturated carbocycles. The lowest BCUT2D eigenvalue weighted by molar-refractivity contribution is 1.03. The highest BCUT2D eigenvalue weighted by molar-refractivity contribution is 5.76. The molecule has 0 fully saturated rings. The van der Waals surface area contributed by atoms with Crippen LogP contribution in [0.4, 0.5) is 0 Å². The van der Waals surface area contributed by atoms with Gasteiger partial charge in [0.2, 0.25) is 0 Å². The van der Waals surface area contributed by atoms with Gasteiger partial charge >= 0.3 is 0 Å². The summed E-state index contributed by atoms with van der Waals surface area (Å²) in [5.41, 5.74) is 24.7. The van der Waals surface area contributed by atoms with E-state index in [0.717, 1.165) is 22.5 Å². The maximum atomic E-state index is 5.33. The lowest BCUT2D eigenvalue weighted by atomic mass is 10.1. The van der Waals surface area contributed by atoms with Crippen molar-refractivity contribution >= 4 is 11.9 Å². The van der Waals surface area contributed by atoms with Gasteiger partial charge in [-0.3, -0.25) is 9.97 Å². The zero-order valence-electron chi connectivity index (χ0n) is 12.0. The quantitative estimate of drug-likeness (QED) is 0.438. The van der Waals surface area contributed by atoms with Crippen LogP contribution in [0.15, 0.2) is 46.6 Å². The minimum atomic E-state index is 0.0516. The molecule has 0 spiro atoms. The van der Waals surface area contributed by atoms with Crippen LogP contribution in [0.2, 0.25) is 0 Å². The van der Waals surface area contributed by atoms with Crippen LogP contribution in [-0.4, -0.2) is 21.9 Å². The van der Waals surface area contributed by atoms with Crippen molar-refractivity contribution in [1.82, 2.24) is 9.97 Å². The molecule has 8 N–H and O–H groups in total. The van der Waals surface area contributed by atoms with Crippen molar-refractivity contribution in [2.75, 3.05) is 0 Å². The summed E-state index contributed by atoms with van der Waals surface area (Å²) in [4.78, 5) is 16.6. The number of hydrogen-bond donors (Lipinski definition) is 4. The van der Waals surface area contributed by atoms with Gasteiger partial charge < -0.3 is 22.9 Å². The number of nitrogens with zero attached hydrogens (tertiary/aromatic N) is 4. The van der Waals surface area contributed by atoms with Crippen molar-refractivity contribution in [3.63, 3.8) is 0 Å². The summed E-state index contributed by atoms with van der Waals surface area (Å²) < 4.78 is 0. The molecule has 8 heteroatoms. The molecule has 114 valence electrons. The maximum absolute atomic E-state index is 5.33. The van der Waals surface area contributed by atoms with Crippen LogP contribution in [0, 0.1) is 0 Å². The van der Waals surface area contributed by atoms with Crippen LogP contribution < -0.4 is 22.9 Å². The molecule has 0 radical (unpaired) electrons. The first-order chi connectivity index (χ1) is 10.5. The number of rotatable bonds is 5. The van der Waals surface area contributed by atoms with Gasteiger partial charge in [-0.1, -0.05) is 0 Å². The van der Waals surface area contributed by atoms with E-state index in [4.69, 9.17) is 22.9 Å². The van der Waals surface area contributed by atoms with Crippen LogP contribution in [0.1, 0.15) is 11.1 Å². The Morgan fingerprint density at radius 1 is 0.773 bits per heavy atom. The van der Waals surface area contributed by atoms with Gasteiger partial charge in [0.25, 0.3) is 0 Å². The van der Waals surface area contributed by atoms with E-state index in [1.807, 2.05) is 24.3 Å². The molecule has 2 aromatic heterocycles. The Morgan fingerprint density at radius 3 is 1.55 bits per heavy atom. The second-order valence-electron chi connectivity index (χ2n) is 4.58. The molecule has 0 bridgehead atoms. The fourth-order valence-corrected chi connectivity index (χ4v) is 1.79. The largest absolute Gasteiger partial charge is 0.370 e. The molecule has 0 aromatic carbocycles. The molecule has 0 amide bonds. The van der Waals surface area contributed by atoms with E-state index in [1.54, 1.807) is 12.4 Å². The van der Waals surface area contributed by atoms with Gasteiger partial charge in [0.05, 0.1) is 24.5 Å². The zero-order valence-corrected chi connectivity index (χ0v) is 12.0. The van der Waals surface area contributed by atoms with Crippen molar-refractivity contribution in [2.24, 2.45) is 32.9 Å². The Morgan fingerprint density at radius 2 is 1.18 bits per heavy atom. The predicted molar refractivity (Wildman–Crippen MR) is 86.5 cm³/mol. The molecule has 2 heterocycles. The summed E-state index contributed by atoms with van der Waals surface area (Å²) >= 11 is 0. The van der Waals surface area contributed by atoms with Gasteiger partial charge in [-0.15, -0.1) is 0 Å². The molecule has 0 saturated heterocycles. The van der Waals surface area contributed by atoms with E-state index in [9.17, 15) is 0 Å². The Balaban J connectivity index is 2.24. The first-order valence-electron chi connectivity index (χ1n) is 6.55. The van der Waals surface area contributed by atoms with Crippen LogP contribution in [-0.2, 0) is 13.1 Å². The van der Waals surface area contributed by atoms with E-state index in [-0.39, 0.29) is 11.9 Å². The second-order valence-corrected chi connectivity index (χ2v) is 4.58. The molecule has 22 heavy (non-hydrogen) atoms. The SMILES string of the molecule is NC(N)=NCc1ccnc(-c2cc(CN=C(N)N)ccn2)c1. The fraction of sp³-hybridized carbons (Fsp3) is 0.143. The van der Waals surface area contributed by atoms with Crippen LogP contribution in [0.5, 0.6) is 0 Å². The first-order valence-corrected chi connectivity index (χ1v) is 6.55. The molecule has 0 aliphatic rings. The van der Waals surface area contributed by atoms with Gasteiger partial charge in [-0.05, 0) is 35.4 Å². The van der Waals surface area contributed by atoms with Crippen molar-refractivity contribution < 1.29 is 0 Å². The van der Waals surface area contributed by atoms with Gasteiger partial charge in [-0.25, -0.2) is 9.98 Å². The van der Waals surface area contributed by atoms with Gasteiger partial charge in [0.15, 0.2) is 11.9 Å². The zero-order chi connectivity index (χ0) is 15.9. The topological polar surface area (TPSA) is 155 Å². The third-order valence-corrected chi connectivity index (χ3v) is 2.80. The fourth-order valence-electron chi connectivity index (χ4n) is 1.79. The highest BCUT2D eigenvalue weighted by Crippen LogP contribution is 2.17. The Hall–Kier alpha value is -3.16. The molecule has 8 nitrogen and oxygen atoms in total. The molecule has 0 unspecified atom stereocenters. The molecule has 0 aliphatic carbocycles. The average molecular weight is 298 g/mol. The summed E-state index contributed by atoms with van der Waals surface area (Å²) in [6, 6.07) is 7.47. The van der Waals surface area contributed by atoms with Crippen molar-refractivity contribution in [1.29, 1.82) is 0 Å². The number of nitrogens with two attached hydrogens (primary N) is 4. The van der Waals surface area contributed by atoms with E-state index >= 15 is 0 Å². The minimum Gasteiger partial charge on any atom is -0.370 e. The number of guanidine groups is 2. The molecule has 0 atom stereocenters. The summed E-state index contributed by atoms with van der Waals surface area (Å²) in [5.74, 6) is 0.103. The Labute approximate surface area is 128 Å². The normalized spacial score (nSPS) is 10.0. The Kier molecular flexibility index (Phi) is 4.86. The smallest absolute Gasteiger partial charge is 0.186 e. The predicted octanol–water partition coefficient (Wildman–Crippen LogP) is -0.310. The second kappa shape index (κ2) is 7.02. The highest BCUT2D eigenvalue weighted by atomic mass is 15.0. The summed E-state index contributed by atoms with van der Waals surface area (Å²) in [5, 5.41) is 0. The number of aliphatic imine (C=N–C) groups is 2. The first kappa shape index (κ1) is 15.2. The maximum Gasteiger partial charge on any atom is 0.186 e. The van der Waals surface area contributed by atoms with Crippen LogP contribution >= 0.6 is 0 Å². The van der Waals surface area contributed by atoms with E-state index in [1.165, 1.54) is 0 Å². The van der Waals surface area contributed by atoms with Crippen LogP contribution in [0.25, 0.3) is 11.4 Å². The van der Waals surface area contributed by atoms with Crippen molar-refractivity contribution in [2.45, 2.75) is 13.1 Å². The lowest BCUT2D eigenvalue weighted by Gasteiger charge is -2.04.